The van der Waals surface area contributed by atoms with Gasteiger partial charge in [0.05, 0.1) is 5.56 Å². The Morgan fingerprint density at radius 3 is 2.25 bits per heavy atom. The maximum absolute atomic E-state index is 11.4. The Kier molecular flexibility index (Phi) is 4.71. The molecule has 0 amide bonds. The van der Waals surface area contributed by atoms with Crippen molar-refractivity contribution >= 4 is 16.9 Å². The van der Waals surface area contributed by atoms with E-state index in [0.29, 0.717) is 5.56 Å². The minimum atomic E-state index is -0.885. The molecule has 1 aromatic heterocycles. The minimum absolute atomic E-state index is 0.211. The molecule has 4 aliphatic rings. The summed E-state index contributed by atoms with van der Waals surface area (Å²) in [7, 11) is 0. The van der Waals surface area contributed by atoms with Gasteiger partial charge in [0.1, 0.15) is 11.3 Å². The lowest BCUT2D eigenvalue weighted by Crippen LogP contribution is -2.48. The number of fused-ring (bicyclic) bond motifs is 1. The highest BCUT2D eigenvalue weighted by Crippen LogP contribution is 2.63. The fourth-order valence-electron chi connectivity index (χ4n) is 7.69. The van der Waals surface area contributed by atoms with Crippen LogP contribution in [-0.4, -0.2) is 11.1 Å². The number of aromatic carboxylic acids is 1. The number of aryl methyl sites for hydroxylation is 1. The molecule has 7 rings (SSSR count). The fourth-order valence-corrected chi connectivity index (χ4v) is 7.69. The van der Waals surface area contributed by atoms with Gasteiger partial charge in [0.2, 0.25) is 0 Å². The first-order valence-corrected chi connectivity index (χ1v) is 12.4. The summed E-state index contributed by atoms with van der Waals surface area (Å²) in [5.74, 6) is 2.68. The van der Waals surface area contributed by atoms with Crippen LogP contribution in [0.5, 0.6) is 0 Å². The molecular weight excluding hydrogens is 396 g/mol. The molecule has 32 heavy (non-hydrogen) atoms. The second-order valence-electron chi connectivity index (χ2n) is 10.8. The summed E-state index contributed by atoms with van der Waals surface area (Å²) in [5.41, 5.74) is 5.42. The number of rotatable bonds is 6. The first-order chi connectivity index (χ1) is 15.6. The van der Waals surface area contributed by atoms with Gasteiger partial charge in [-0.1, -0.05) is 37.6 Å². The third-order valence-electron chi connectivity index (χ3n) is 8.56. The van der Waals surface area contributed by atoms with E-state index in [1.165, 1.54) is 67.9 Å². The SMILES string of the molecule is CCCCc1cccc2oc(-c3ccc(C(=O)O)cc3)c(C34CC5CC(CC(C5)C3)C4)c12. The van der Waals surface area contributed by atoms with Crippen LogP contribution in [0.4, 0.5) is 0 Å². The molecule has 0 aliphatic heterocycles. The van der Waals surface area contributed by atoms with Crippen LogP contribution >= 0.6 is 0 Å². The standard InChI is InChI=1S/C29H32O3/c1-2-3-5-21-6-4-7-24-25(21)26(27(32-24)22-8-10-23(11-9-22)28(30)31)29-15-18-12-19(16-29)14-20(13-18)17-29/h4,6-11,18-20H,2-3,5,12-17H2,1H3,(H,30,31). The molecule has 0 spiro atoms. The van der Waals surface area contributed by atoms with Gasteiger partial charge < -0.3 is 9.52 Å². The number of carboxylic acid groups (broad SMARTS) is 1. The first-order valence-electron chi connectivity index (χ1n) is 12.4. The zero-order valence-corrected chi connectivity index (χ0v) is 18.9. The van der Waals surface area contributed by atoms with Crippen LogP contribution in [-0.2, 0) is 11.8 Å². The van der Waals surface area contributed by atoms with E-state index in [2.05, 4.69) is 25.1 Å². The molecule has 4 aliphatic carbocycles. The van der Waals surface area contributed by atoms with Gasteiger partial charge in [-0.2, -0.15) is 0 Å². The van der Waals surface area contributed by atoms with E-state index in [0.717, 1.165) is 41.1 Å². The maximum Gasteiger partial charge on any atom is 0.335 e. The molecule has 3 aromatic rings. The summed E-state index contributed by atoms with van der Waals surface area (Å²) < 4.78 is 6.65. The molecule has 0 unspecified atom stereocenters. The number of carbonyl (C=O) groups is 1. The highest BCUT2D eigenvalue weighted by Gasteiger charge is 2.53. The van der Waals surface area contributed by atoms with Crippen molar-refractivity contribution in [2.75, 3.05) is 0 Å². The largest absolute Gasteiger partial charge is 0.478 e. The quantitative estimate of drug-likeness (QED) is 0.439. The van der Waals surface area contributed by atoms with Crippen molar-refractivity contribution in [1.82, 2.24) is 0 Å². The van der Waals surface area contributed by atoms with E-state index in [4.69, 9.17) is 4.42 Å². The van der Waals surface area contributed by atoms with Crippen LogP contribution in [0.25, 0.3) is 22.3 Å². The van der Waals surface area contributed by atoms with Crippen molar-refractivity contribution in [2.24, 2.45) is 17.8 Å². The predicted octanol–water partition coefficient (Wildman–Crippen LogP) is 7.61. The monoisotopic (exact) mass is 428 g/mol. The Labute approximate surface area is 189 Å². The Hall–Kier alpha value is -2.55. The van der Waals surface area contributed by atoms with E-state index in [1.807, 2.05) is 12.1 Å². The molecule has 0 atom stereocenters. The molecule has 1 N–H and O–H groups in total. The number of hydrogen-bond donors (Lipinski definition) is 1. The van der Waals surface area contributed by atoms with Crippen molar-refractivity contribution < 1.29 is 14.3 Å². The van der Waals surface area contributed by atoms with Crippen LogP contribution < -0.4 is 0 Å². The first kappa shape index (κ1) is 20.1. The van der Waals surface area contributed by atoms with Crippen molar-refractivity contribution in [3.05, 3.63) is 59.2 Å². The Bertz CT molecular complexity index is 1130. The summed E-state index contributed by atoms with van der Waals surface area (Å²) in [4.78, 5) is 11.4. The van der Waals surface area contributed by atoms with Crippen molar-refractivity contribution in [2.45, 2.75) is 70.1 Å². The molecule has 4 saturated carbocycles. The average Bonchev–Trinajstić information content (AvgIpc) is 3.18. The Morgan fingerprint density at radius 2 is 1.66 bits per heavy atom. The van der Waals surface area contributed by atoms with Crippen molar-refractivity contribution in [3.63, 3.8) is 0 Å². The number of hydrogen-bond acceptors (Lipinski definition) is 2. The highest BCUT2D eigenvalue weighted by atomic mass is 16.4. The van der Waals surface area contributed by atoms with Gasteiger partial charge >= 0.3 is 5.97 Å². The van der Waals surface area contributed by atoms with E-state index >= 15 is 0 Å². The lowest BCUT2D eigenvalue weighted by molar-refractivity contribution is -0.00452. The zero-order valence-electron chi connectivity index (χ0n) is 18.9. The molecule has 0 radical (unpaired) electrons. The van der Waals surface area contributed by atoms with E-state index in [9.17, 15) is 9.90 Å². The summed E-state index contributed by atoms with van der Waals surface area (Å²) in [6.07, 6.45) is 11.6. The number of carboxylic acids is 1. The average molecular weight is 429 g/mol. The summed E-state index contributed by atoms with van der Waals surface area (Å²) >= 11 is 0. The van der Waals surface area contributed by atoms with E-state index < -0.39 is 5.97 Å². The van der Waals surface area contributed by atoms with Gasteiger partial charge in [0.15, 0.2) is 0 Å². The van der Waals surface area contributed by atoms with Gasteiger partial charge in [-0.05, 0) is 92.9 Å². The third-order valence-corrected chi connectivity index (χ3v) is 8.56. The fraction of sp³-hybridized carbons (Fsp3) is 0.483. The number of unbranched alkanes of at least 4 members (excludes halogenated alkanes) is 1. The number of benzene rings is 2. The van der Waals surface area contributed by atoms with Crippen LogP contribution in [0, 0.1) is 17.8 Å². The summed E-state index contributed by atoms with van der Waals surface area (Å²) in [6.45, 7) is 2.25. The number of furan rings is 1. The molecule has 1 heterocycles. The maximum atomic E-state index is 11.4. The molecule has 2 aromatic carbocycles. The van der Waals surface area contributed by atoms with Gasteiger partial charge in [-0.15, -0.1) is 0 Å². The second kappa shape index (κ2) is 7.50. The smallest absolute Gasteiger partial charge is 0.335 e. The Balaban J connectivity index is 1.57. The van der Waals surface area contributed by atoms with Crippen LogP contribution in [0.2, 0.25) is 0 Å². The van der Waals surface area contributed by atoms with Gasteiger partial charge in [0, 0.05) is 21.9 Å². The van der Waals surface area contributed by atoms with Gasteiger partial charge in [-0.25, -0.2) is 4.79 Å². The van der Waals surface area contributed by atoms with Crippen LogP contribution in [0.15, 0.2) is 46.9 Å². The molecule has 4 fully saturated rings. The van der Waals surface area contributed by atoms with Crippen LogP contribution in [0.1, 0.15) is 79.8 Å². The van der Waals surface area contributed by atoms with Crippen molar-refractivity contribution in [3.8, 4) is 11.3 Å². The molecule has 4 bridgehead atoms. The van der Waals surface area contributed by atoms with Crippen LogP contribution in [0.3, 0.4) is 0 Å². The molecule has 0 saturated heterocycles. The normalized spacial score (nSPS) is 28.5. The summed E-state index contributed by atoms with van der Waals surface area (Å²) in [5, 5.41) is 10.7. The molecule has 166 valence electrons. The third kappa shape index (κ3) is 3.12. The molecular formula is C29H32O3. The van der Waals surface area contributed by atoms with Crippen molar-refractivity contribution in [1.29, 1.82) is 0 Å². The van der Waals surface area contributed by atoms with E-state index in [-0.39, 0.29) is 5.41 Å². The lowest BCUT2D eigenvalue weighted by Gasteiger charge is -2.57. The lowest BCUT2D eigenvalue weighted by atomic mass is 9.47. The molecule has 3 nitrogen and oxygen atoms in total. The van der Waals surface area contributed by atoms with Gasteiger partial charge in [-0.3, -0.25) is 0 Å². The molecule has 3 heteroatoms. The second-order valence-corrected chi connectivity index (χ2v) is 10.8. The van der Waals surface area contributed by atoms with Gasteiger partial charge in [0.25, 0.3) is 0 Å². The summed E-state index contributed by atoms with van der Waals surface area (Å²) in [6, 6.07) is 13.9. The highest BCUT2D eigenvalue weighted by molar-refractivity contribution is 5.93. The van der Waals surface area contributed by atoms with E-state index in [1.54, 1.807) is 12.1 Å². The predicted molar refractivity (Wildman–Crippen MR) is 127 cm³/mol. The topological polar surface area (TPSA) is 50.4 Å². The zero-order chi connectivity index (χ0) is 21.9. The minimum Gasteiger partial charge on any atom is -0.478 e. The Morgan fingerprint density at radius 1 is 1.00 bits per heavy atom.